The standard InChI is InChI=1S/C14H13ClN5OSe/c15-12-11-13(19-14(16)18-12)20(7-17-11)8-21-6-10(22)9-4-2-1-3-5-9/h1-5,7,10H,6,8H2,(H2,16,18,19). The number of ether oxygens (including phenoxy) is 1. The summed E-state index contributed by atoms with van der Waals surface area (Å²) in [5.41, 5.74) is 7.88. The van der Waals surface area contributed by atoms with Crippen LogP contribution in [0.1, 0.15) is 10.4 Å². The van der Waals surface area contributed by atoms with Gasteiger partial charge >= 0.3 is 140 Å². The SMILES string of the molecule is Nc1nc(Cl)c2ncn(COCC([Se])c3ccccc3)c2n1. The second kappa shape index (κ2) is 6.62. The average molecular weight is 382 g/mol. The fraction of sp³-hybridized carbons (Fsp3) is 0.214. The maximum absolute atomic E-state index is 5.99. The van der Waals surface area contributed by atoms with Gasteiger partial charge in [-0.25, -0.2) is 0 Å². The molecule has 0 aliphatic rings. The first-order valence-corrected chi connectivity index (χ1v) is 7.94. The van der Waals surface area contributed by atoms with Gasteiger partial charge in [0.05, 0.1) is 0 Å². The fourth-order valence-electron chi connectivity index (χ4n) is 2.04. The van der Waals surface area contributed by atoms with Crippen LogP contribution in [-0.4, -0.2) is 42.1 Å². The molecule has 0 aliphatic heterocycles. The van der Waals surface area contributed by atoms with E-state index in [-0.39, 0.29) is 15.9 Å². The van der Waals surface area contributed by atoms with Gasteiger partial charge in [0.1, 0.15) is 0 Å². The van der Waals surface area contributed by atoms with E-state index < -0.39 is 0 Å². The van der Waals surface area contributed by atoms with E-state index in [1.165, 1.54) is 5.56 Å². The Hall–Kier alpha value is -1.66. The number of nitrogens with zero attached hydrogens (tertiary/aromatic N) is 4. The van der Waals surface area contributed by atoms with Crippen molar-refractivity contribution >= 4 is 44.7 Å². The van der Waals surface area contributed by atoms with Crippen molar-refractivity contribution in [2.75, 3.05) is 12.3 Å². The summed E-state index contributed by atoms with van der Waals surface area (Å²) < 4.78 is 7.48. The molecule has 2 aromatic heterocycles. The van der Waals surface area contributed by atoms with Crippen molar-refractivity contribution in [1.82, 2.24) is 19.5 Å². The molecule has 0 saturated heterocycles. The van der Waals surface area contributed by atoms with Crippen molar-refractivity contribution in [2.45, 2.75) is 11.5 Å². The normalized spacial score (nSPS) is 12.6. The summed E-state index contributed by atoms with van der Waals surface area (Å²) >= 11 is 9.10. The van der Waals surface area contributed by atoms with E-state index in [1.54, 1.807) is 10.9 Å². The maximum atomic E-state index is 5.99. The topological polar surface area (TPSA) is 78.8 Å². The number of hydrogen-bond acceptors (Lipinski definition) is 5. The number of anilines is 1. The van der Waals surface area contributed by atoms with Crippen LogP contribution in [-0.2, 0) is 11.5 Å². The Kier molecular flexibility index (Phi) is 4.59. The monoisotopic (exact) mass is 382 g/mol. The predicted octanol–water partition coefficient (Wildman–Crippen LogP) is 1.95. The van der Waals surface area contributed by atoms with Crippen molar-refractivity contribution in [3.63, 3.8) is 0 Å². The van der Waals surface area contributed by atoms with Gasteiger partial charge in [0.15, 0.2) is 0 Å². The number of hydrogen-bond donors (Lipinski definition) is 1. The molecule has 0 amide bonds. The molecule has 0 aliphatic carbocycles. The first kappa shape index (κ1) is 15.2. The summed E-state index contributed by atoms with van der Waals surface area (Å²) in [5, 5.41) is 0.243. The number of fused-ring (bicyclic) bond motifs is 1. The second-order valence-corrected chi connectivity index (χ2v) is 6.21. The Morgan fingerprint density at radius 3 is 2.82 bits per heavy atom. The van der Waals surface area contributed by atoms with Crippen molar-refractivity contribution in [1.29, 1.82) is 0 Å². The number of aromatic nitrogens is 4. The van der Waals surface area contributed by atoms with E-state index in [2.05, 4.69) is 43.1 Å². The fourth-order valence-corrected chi connectivity index (χ4v) is 2.79. The summed E-state index contributed by atoms with van der Waals surface area (Å²) in [7, 11) is 0. The van der Waals surface area contributed by atoms with Gasteiger partial charge in [-0.15, -0.1) is 0 Å². The minimum atomic E-state index is 0.116. The average Bonchev–Trinajstić information content (AvgIpc) is 2.91. The van der Waals surface area contributed by atoms with Crippen molar-refractivity contribution in [3.8, 4) is 0 Å². The molecule has 0 fully saturated rings. The summed E-state index contributed by atoms with van der Waals surface area (Å²) in [5.74, 6) is 0.116. The van der Waals surface area contributed by atoms with Crippen LogP contribution in [0.4, 0.5) is 5.95 Å². The molecule has 22 heavy (non-hydrogen) atoms. The molecule has 1 atom stereocenters. The van der Waals surface area contributed by atoms with E-state index >= 15 is 0 Å². The van der Waals surface area contributed by atoms with Crippen molar-refractivity contribution in [2.24, 2.45) is 0 Å². The van der Waals surface area contributed by atoms with Gasteiger partial charge in [-0.1, -0.05) is 0 Å². The molecule has 2 N–H and O–H groups in total. The van der Waals surface area contributed by atoms with Gasteiger partial charge in [0, 0.05) is 0 Å². The Morgan fingerprint density at radius 1 is 1.27 bits per heavy atom. The van der Waals surface area contributed by atoms with Crippen LogP contribution < -0.4 is 5.73 Å². The first-order chi connectivity index (χ1) is 10.6. The van der Waals surface area contributed by atoms with Crippen molar-refractivity contribution < 1.29 is 4.74 Å². The van der Waals surface area contributed by atoms with Crippen LogP contribution in [0.5, 0.6) is 0 Å². The summed E-state index contributed by atoms with van der Waals surface area (Å²) in [4.78, 5) is 12.4. The molecule has 6 nitrogen and oxygen atoms in total. The Morgan fingerprint density at radius 2 is 2.05 bits per heavy atom. The van der Waals surface area contributed by atoms with E-state index in [0.717, 1.165) is 0 Å². The van der Waals surface area contributed by atoms with Gasteiger partial charge in [0.25, 0.3) is 0 Å². The zero-order valence-electron chi connectivity index (χ0n) is 11.5. The third-order valence-electron chi connectivity index (χ3n) is 3.11. The van der Waals surface area contributed by atoms with Crippen LogP contribution >= 0.6 is 11.6 Å². The van der Waals surface area contributed by atoms with Gasteiger partial charge < -0.3 is 0 Å². The Labute approximate surface area is 140 Å². The molecule has 0 spiro atoms. The molecular weight excluding hydrogens is 369 g/mol. The summed E-state index contributed by atoms with van der Waals surface area (Å²) in [6.07, 6.45) is 1.61. The van der Waals surface area contributed by atoms with Crippen LogP contribution in [0.3, 0.4) is 0 Å². The molecule has 1 unspecified atom stereocenters. The number of halogens is 1. The van der Waals surface area contributed by atoms with Gasteiger partial charge in [-0.05, 0) is 0 Å². The van der Waals surface area contributed by atoms with Crippen LogP contribution in [0.25, 0.3) is 11.2 Å². The number of benzene rings is 1. The number of imidazole rings is 1. The summed E-state index contributed by atoms with van der Waals surface area (Å²) in [6, 6.07) is 10.1. The molecule has 1 radical (unpaired) electrons. The van der Waals surface area contributed by atoms with E-state index in [0.29, 0.717) is 24.5 Å². The second-order valence-electron chi connectivity index (χ2n) is 4.66. The van der Waals surface area contributed by atoms with Gasteiger partial charge in [0.2, 0.25) is 0 Å². The third kappa shape index (κ3) is 3.23. The number of rotatable bonds is 5. The zero-order chi connectivity index (χ0) is 15.5. The Bertz CT molecular complexity index is 780. The Balaban J connectivity index is 1.67. The minimum absolute atomic E-state index is 0.116. The number of nitrogen functional groups attached to an aromatic ring is 1. The predicted molar refractivity (Wildman–Crippen MR) is 85.6 cm³/mol. The molecule has 0 saturated carbocycles. The first-order valence-electron chi connectivity index (χ1n) is 6.57. The molecule has 3 rings (SSSR count). The molecule has 113 valence electrons. The van der Waals surface area contributed by atoms with Crippen LogP contribution in [0, 0.1) is 0 Å². The van der Waals surface area contributed by atoms with Gasteiger partial charge in [-0.2, -0.15) is 0 Å². The van der Waals surface area contributed by atoms with E-state index in [1.807, 2.05) is 18.2 Å². The molecular formula is C14H13ClN5OSe. The zero-order valence-corrected chi connectivity index (χ0v) is 14.0. The molecule has 0 bridgehead atoms. The van der Waals surface area contributed by atoms with Crippen molar-refractivity contribution in [3.05, 3.63) is 47.4 Å². The summed E-state index contributed by atoms with van der Waals surface area (Å²) in [6.45, 7) is 0.853. The molecule has 3 aromatic rings. The van der Waals surface area contributed by atoms with E-state index in [4.69, 9.17) is 22.1 Å². The van der Waals surface area contributed by atoms with E-state index in [9.17, 15) is 0 Å². The molecule has 8 heteroatoms. The molecule has 1 aromatic carbocycles. The number of nitrogens with two attached hydrogens (primary N) is 1. The molecule has 2 heterocycles. The van der Waals surface area contributed by atoms with Crippen LogP contribution in [0.15, 0.2) is 36.7 Å². The van der Waals surface area contributed by atoms with Gasteiger partial charge in [-0.3, -0.25) is 0 Å². The van der Waals surface area contributed by atoms with Crippen LogP contribution in [0.2, 0.25) is 5.15 Å². The third-order valence-corrected chi connectivity index (χ3v) is 4.23. The quantitative estimate of drug-likeness (QED) is 0.540.